The molecule has 148 valence electrons. The van der Waals surface area contributed by atoms with E-state index in [9.17, 15) is 9.18 Å². The second-order valence-corrected chi connectivity index (χ2v) is 8.19. The Morgan fingerprint density at radius 2 is 2.00 bits per heavy atom. The van der Waals surface area contributed by atoms with E-state index in [0.717, 1.165) is 64.1 Å². The van der Waals surface area contributed by atoms with E-state index in [-0.39, 0.29) is 23.0 Å². The summed E-state index contributed by atoms with van der Waals surface area (Å²) in [6.07, 6.45) is 4.92. The van der Waals surface area contributed by atoms with Crippen LogP contribution in [0.1, 0.15) is 32.1 Å². The monoisotopic (exact) mass is 395 g/mol. The highest BCUT2D eigenvalue weighted by atomic mass is 35.5. The predicted octanol–water partition coefficient (Wildman–Crippen LogP) is 2.82. The van der Waals surface area contributed by atoms with E-state index in [1.54, 1.807) is 6.07 Å². The third-order valence-electron chi connectivity index (χ3n) is 6.06. The van der Waals surface area contributed by atoms with Gasteiger partial charge in [-0.15, -0.1) is 0 Å². The predicted molar refractivity (Wildman–Crippen MR) is 104 cm³/mol. The van der Waals surface area contributed by atoms with Crippen LogP contribution >= 0.6 is 11.6 Å². The summed E-state index contributed by atoms with van der Waals surface area (Å²) < 4.78 is 19.2. The number of benzene rings is 1. The Balaban J connectivity index is 1.33. The number of anilines is 1. The Morgan fingerprint density at radius 3 is 2.78 bits per heavy atom. The molecule has 0 saturated carbocycles. The first kappa shape index (κ1) is 19.0. The minimum atomic E-state index is -0.403. The molecular weight excluding hydrogens is 369 g/mol. The van der Waals surface area contributed by atoms with Crippen LogP contribution in [0.4, 0.5) is 10.1 Å². The van der Waals surface area contributed by atoms with Gasteiger partial charge >= 0.3 is 0 Å². The standard InChI is InChI=1S/C20H27ClFN3O2/c21-17-4-3-16(12-18(17)22)24-9-5-14(13-24)23-20(26)19-2-1-8-25(19)15-6-10-27-11-7-15/h3-4,12,14-15,19H,1-2,5-11,13H2,(H,23,26). The maximum atomic E-state index is 13.7. The second-order valence-electron chi connectivity index (χ2n) is 7.78. The summed E-state index contributed by atoms with van der Waals surface area (Å²) in [5, 5.41) is 3.38. The smallest absolute Gasteiger partial charge is 0.237 e. The first-order valence-corrected chi connectivity index (χ1v) is 10.3. The molecule has 3 fully saturated rings. The lowest BCUT2D eigenvalue weighted by molar-refractivity contribution is -0.127. The normalized spacial score (nSPS) is 27.3. The van der Waals surface area contributed by atoms with Crippen molar-refractivity contribution in [3.63, 3.8) is 0 Å². The van der Waals surface area contributed by atoms with Crippen molar-refractivity contribution >= 4 is 23.2 Å². The van der Waals surface area contributed by atoms with Gasteiger partial charge in [-0.1, -0.05) is 11.6 Å². The van der Waals surface area contributed by atoms with E-state index in [1.807, 2.05) is 6.07 Å². The van der Waals surface area contributed by atoms with Gasteiger partial charge in [0.2, 0.25) is 5.91 Å². The average Bonchev–Trinajstić information content (AvgIpc) is 3.34. The number of ether oxygens (including phenoxy) is 1. The highest BCUT2D eigenvalue weighted by Gasteiger charge is 2.37. The summed E-state index contributed by atoms with van der Waals surface area (Å²) in [6.45, 7) is 4.11. The summed E-state index contributed by atoms with van der Waals surface area (Å²) >= 11 is 5.77. The fraction of sp³-hybridized carbons (Fsp3) is 0.650. The van der Waals surface area contributed by atoms with E-state index < -0.39 is 5.82 Å². The first-order valence-electron chi connectivity index (χ1n) is 9.95. The van der Waals surface area contributed by atoms with Crippen molar-refractivity contribution in [2.75, 3.05) is 37.7 Å². The zero-order valence-electron chi connectivity index (χ0n) is 15.5. The summed E-state index contributed by atoms with van der Waals surface area (Å²) in [5.41, 5.74) is 0.818. The third-order valence-corrected chi connectivity index (χ3v) is 6.37. The lowest BCUT2D eigenvalue weighted by Gasteiger charge is -2.35. The molecule has 5 nitrogen and oxygen atoms in total. The van der Waals surface area contributed by atoms with Crippen LogP contribution in [0.15, 0.2) is 18.2 Å². The van der Waals surface area contributed by atoms with Gasteiger partial charge in [-0.3, -0.25) is 9.69 Å². The molecule has 0 aliphatic carbocycles. The average molecular weight is 396 g/mol. The summed E-state index contributed by atoms with van der Waals surface area (Å²) in [4.78, 5) is 17.4. The molecule has 7 heteroatoms. The van der Waals surface area contributed by atoms with Gasteiger partial charge in [0.25, 0.3) is 0 Å². The number of likely N-dealkylation sites (tertiary alicyclic amines) is 1. The topological polar surface area (TPSA) is 44.8 Å². The van der Waals surface area contributed by atoms with Crippen molar-refractivity contribution in [2.24, 2.45) is 0 Å². The first-order chi connectivity index (χ1) is 13.1. The number of nitrogens with zero attached hydrogens (tertiary/aromatic N) is 2. The number of hydrogen-bond acceptors (Lipinski definition) is 4. The largest absolute Gasteiger partial charge is 0.381 e. The molecular formula is C20H27ClFN3O2. The fourth-order valence-electron chi connectivity index (χ4n) is 4.62. The zero-order chi connectivity index (χ0) is 18.8. The van der Waals surface area contributed by atoms with E-state index in [1.165, 1.54) is 6.07 Å². The van der Waals surface area contributed by atoms with E-state index in [0.29, 0.717) is 12.6 Å². The minimum absolute atomic E-state index is 0.0184. The van der Waals surface area contributed by atoms with Crippen molar-refractivity contribution in [3.8, 4) is 0 Å². The molecule has 0 aromatic heterocycles. The van der Waals surface area contributed by atoms with Crippen LogP contribution in [0.2, 0.25) is 5.02 Å². The number of halogens is 2. The van der Waals surface area contributed by atoms with Gasteiger partial charge in [-0.25, -0.2) is 4.39 Å². The third kappa shape index (κ3) is 4.23. The maximum Gasteiger partial charge on any atom is 0.237 e. The molecule has 0 bridgehead atoms. The molecule has 27 heavy (non-hydrogen) atoms. The van der Waals surface area contributed by atoms with Crippen LogP contribution in [-0.4, -0.2) is 61.8 Å². The lowest BCUT2D eigenvalue weighted by Crippen LogP contribution is -2.51. The number of carbonyl (C=O) groups excluding carboxylic acids is 1. The van der Waals surface area contributed by atoms with E-state index in [2.05, 4.69) is 15.1 Å². The second kappa shape index (κ2) is 8.33. The molecule has 3 saturated heterocycles. The summed E-state index contributed by atoms with van der Waals surface area (Å²) in [6, 6.07) is 5.44. The van der Waals surface area contributed by atoms with Crippen molar-refractivity contribution in [2.45, 2.75) is 50.2 Å². The molecule has 3 aliphatic rings. The Labute approximate surface area is 164 Å². The molecule has 1 aromatic rings. The molecule has 0 spiro atoms. The Bertz CT molecular complexity index is 683. The van der Waals surface area contributed by atoms with Crippen LogP contribution in [-0.2, 0) is 9.53 Å². The molecule has 3 aliphatic heterocycles. The van der Waals surface area contributed by atoms with E-state index in [4.69, 9.17) is 16.3 Å². The van der Waals surface area contributed by atoms with Crippen LogP contribution in [0.5, 0.6) is 0 Å². The quantitative estimate of drug-likeness (QED) is 0.851. The van der Waals surface area contributed by atoms with Gasteiger partial charge in [0.15, 0.2) is 0 Å². The van der Waals surface area contributed by atoms with Crippen LogP contribution in [0.25, 0.3) is 0 Å². The molecule has 2 atom stereocenters. The van der Waals surface area contributed by atoms with Crippen LogP contribution in [0, 0.1) is 5.82 Å². The van der Waals surface area contributed by atoms with Crippen molar-refractivity contribution in [3.05, 3.63) is 29.0 Å². The highest BCUT2D eigenvalue weighted by Crippen LogP contribution is 2.27. The van der Waals surface area contributed by atoms with Gasteiger partial charge in [0, 0.05) is 44.1 Å². The molecule has 1 N–H and O–H groups in total. The fourth-order valence-corrected chi connectivity index (χ4v) is 4.73. The van der Waals surface area contributed by atoms with Gasteiger partial charge in [0.05, 0.1) is 11.1 Å². The van der Waals surface area contributed by atoms with Crippen LogP contribution < -0.4 is 10.2 Å². The SMILES string of the molecule is O=C(NC1CCN(c2ccc(Cl)c(F)c2)C1)C1CCCN1C1CCOCC1. The van der Waals surface area contributed by atoms with E-state index >= 15 is 0 Å². The molecule has 4 rings (SSSR count). The number of nitrogens with one attached hydrogen (secondary N) is 1. The number of carbonyl (C=O) groups is 1. The molecule has 3 heterocycles. The molecule has 1 amide bonds. The van der Waals surface area contributed by atoms with Crippen molar-refractivity contribution < 1.29 is 13.9 Å². The van der Waals surface area contributed by atoms with Crippen LogP contribution in [0.3, 0.4) is 0 Å². The molecule has 1 aromatic carbocycles. The Kier molecular flexibility index (Phi) is 5.85. The molecule has 0 radical (unpaired) electrons. The maximum absolute atomic E-state index is 13.7. The van der Waals surface area contributed by atoms with Gasteiger partial charge in [0.1, 0.15) is 5.82 Å². The van der Waals surface area contributed by atoms with Gasteiger partial charge in [-0.05, 0) is 56.8 Å². The molecule has 2 unspecified atom stereocenters. The minimum Gasteiger partial charge on any atom is -0.381 e. The summed E-state index contributed by atoms with van der Waals surface area (Å²) in [7, 11) is 0. The Hall–Kier alpha value is -1.37. The van der Waals surface area contributed by atoms with Crippen molar-refractivity contribution in [1.29, 1.82) is 0 Å². The number of rotatable bonds is 4. The lowest BCUT2D eigenvalue weighted by atomic mass is 10.1. The number of hydrogen-bond donors (Lipinski definition) is 1. The zero-order valence-corrected chi connectivity index (χ0v) is 16.3. The van der Waals surface area contributed by atoms with Crippen molar-refractivity contribution in [1.82, 2.24) is 10.2 Å². The number of amides is 1. The highest BCUT2D eigenvalue weighted by molar-refractivity contribution is 6.30. The van der Waals surface area contributed by atoms with Gasteiger partial charge < -0.3 is 15.0 Å². The summed E-state index contributed by atoms with van der Waals surface area (Å²) in [5.74, 6) is -0.257. The Morgan fingerprint density at radius 1 is 1.19 bits per heavy atom. The van der Waals surface area contributed by atoms with Gasteiger partial charge in [-0.2, -0.15) is 0 Å².